The number of rotatable bonds is 72. The zero-order valence-corrected chi connectivity index (χ0v) is 56.0. The van der Waals surface area contributed by atoms with Gasteiger partial charge >= 0.3 is 5.97 Å². The Balaban J connectivity index is 3.38. The van der Waals surface area contributed by atoms with Crippen LogP contribution in [0, 0.1) is 0 Å². The number of hydrogen-bond acceptors (Lipinski definition) is 5. The van der Waals surface area contributed by atoms with E-state index in [4.69, 9.17) is 4.74 Å². The van der Waals surface area contributed by atoms with Gasteiger partial charge in [-0.15, -0.1) is 0 Å². The summed E-state index contributed by atoms with van der Waals surface area (Å²) >= 11 is 0. The number of carbonyl (C=O) groups is 2. The predicted octanol–water partition coefficient (Wildman–Crippen LogP) is 24.7. The number of unbranched alkanes of at least 4 members (excludes halogenated alkanes) is 59. The second-order valence-electron chi connectivity index (χ2n) is 26.3. The van der Waals surface area contributed by atoms with Gasteiger partial charge in [0.25, 0.3) is 0 Å². The summed E-state index contributed by atoms with van der Waals surface area (Å²) in [6.45, 7) is 5.01. The Morgan fingerprint density at radius 3 is 0.866 bits per heavy atom. The molecular weight excluding hydrogens is 1010 g/mol. The fourth-order valence-electron chi connectivity index (χ4n) is 12.3. The van der Waals surface area contributed by atoms with E-state index < -0.39 is 12.1 Å². The summed E-state index contributed by atoms with van der Waals surface area (Å²) in [6.07, 6.45) is 89.9. The highest BCUT2D eigenvalue weighted by Crippen LogP contribution is 2.20. The van der Waals surface area contributed by atoms with Crippen molar-refractivity contribution in [1.82, 2.24) is 5.32 Å². The Labute approximate surface area is 514 Å². The van der Waals surface area contributed by atoms with Gasteiger partial charge in [0.2, 0.25) is 5.91 Å². The van der Waals surface area contributed by atoms with Crippen molar-refractivity contribution >= 4 is 11.9 Å². The topological polar surface area (TPSA) is 95.9 Å². The third kappa shape index (κ3) is 67.7. The van der Waals surface area contributed by atoms with Gasteiger partial charge in [0.05, 0.1) is 25.4 Å². The fourth-order valence-corrected chi connectivity index (χ4v) is 12.3. The van der Waals surface area contributed by atoms with Gasteiger partial charge in [-0.2, -0.15) is 0 Å². The van der Waals surface area contributed by atoms with E-state index in [9.17, 15) is 19.8 Å². The van der Waals surface area contributed by atoms with E-state index in [1.807, 2.05) is 0 Å². The first-order valence-electron chi connectivity index (χ1n) is 37.9. The Morgan fingerprint density at radius 1 is 0.329 bits per heavy atom. The zero-order chi connectivity index (χ0) is 59.2. The Kier molecular flexibility index (Phi) is 70.8. The van der Waals surface area contributed by atoms with Gasteiger partial charge in [0.15, 0.2) is 0 Å². The molecule has 0 saturated heterocycles. The lowest BCUT2D eigenvalue weighted by Gasteiger charge is -2.22. The largest absolute Gasteiger partial charge is 0.466 e. The molecule has 82 heavy (non-hydrogen) atoms. The van der Waals surface area contributed by atoms with Crippen LogP contribution in [0.2, 0.25) is 0 Å². The molecule has 0 aliphatic carbocycles. The number of ether oxygens (including phenoxy) is 1. The SMILES string of the molecule is CCCCCCCCCCCCCCCCCCCCCCCCC(O)C(CO)NC(=O)CCCCCCCCCC/C=C\CCCCCCCCCCCCCCOC(=O)CCCCCCCCCCCCCCCCCCCCC. The molecular formula is C76H149NO5. The molecule has 0 aromatic heterocycles. The molecule has 2 atom stereocenters. The molecule has 0 aromatic carbocycles. The molecule has 0 rings (SSSR count). The smallest absolute Gasteiger partial charge is 0.305 e. The van der Waals surface area contributed by atoms with Crippen LogP contribution in [0.3, 0.4) is 0 Å². The summed E-state index contributed by atoms with van der Waals surface area (Å²) in [5.74, 6) is -0.0153. The minimum atomic E-state index is -0.668. The molecule has 0 aromatic rings. The maximum absolute atomic E-state index is 12.6. The number of esters is 1. The highest BCUT2D eigenvalue weighted by Gasteiger charge is 2.20. The average Bonchev–Trinajstić information content (AvgIpc) is 3.48. The first kappa shape index (κ1) is 80.6. The van der Waals surface area contributed by atoms with Crippen LogP contribution in [-0.2, 0) is 14.3 Å². The van der Waals surface area contributed by atoms with Gasteiger partial charge in [-0.25, -0.2) is 0 Å². The molecule has 0 heterocycles. The molecule has 0 saturated carbocycles. The molecule has 1 amide bonds. The Hall–Kier alpha value is -1.40. The van der Waals surface area contributed by atoms with E-state index in [-0.39, 0.29) is 18.5 Å². The van der Waals surface area contributed by atoms with Crippen molar-refractivity contribution in [2.24, 2.45) is 0 Å². The van der Waals surface area contributed by atoms with E-state index in [0.717, 1.165) is 38.5 Å². The average molecular weight is 1160 g/mol. The fraction of sp³-hybridized carbons (Fsp3) is 0.947. The molecule has 6 nitrogen and oxygen atoms in total. The Morgan fingerprint density at radius 2 is 0.573 bits per heavy atom. The lowest BCUT2D eigenvalue weighted by Crippen LogP contribution is -2.45. The molecule has 0 radical (unpaired) electrons. The van der Waals surface area contributed by atoms with Gasteiger partial charge in [-0.3, -0.25) is 9.59 Å². The van der Waals surface area contributed by atoms with Crippen LogP contribution in [0.5, 0.6) is 0 Å². The van der Waals surface area contributed by atoms with Crippen LogP contribution in [-0.4, -0.2) is 47.4 Å². The van der Waals surface area contributed by atoms with E-state index >= 15 is 0 Å². The number of hydrogen-bond donors (Lipinski definition) is 3. The number of allylic oxidation sites excluding steroid dienone is 2. The summed E-state index contributed by atoms with van der Waals surface area (Å²) < 4.78 is 5.52. The third-order valence-electron chi connectivity index (χ3n) is 18.1. The van der Waals surface area contributed by atoms with Gasteiger partial charge in [0, 0.05) is 12.8 Å². The predicted molar refractivity (Wildman–Crippen MR) is 361 cm³/mol. The minimum Gasteiger partial charge on any atom is -0.466 e. The maximum Gasteiger partial charge on any atom is 0.305 e. The third-order valence-corrected chi connectivity index (χ3v) is 18.1. The molecule has 2 unspecified atom stereocenters. The highest BCUT2D eigenvalue weighted by atomic mass is 16.5. The quantitative estimate of drug-likeness (QED) is 0.0320. The first-order valence-corrected chi connectivity index (χ1v) is 37.9. The van der Waals surface area contributed by atoms with Gasteiger partial charge in [-0.05, 0) is 51.4 Å². The second-order valence-corrected chi connectivity index (χ2v) is 26.3. The summed E-state index contributed by atoms with van der Waals surface area (Å²) in [7, 11) is 0. The molecule has 0 aliphatic rings. The second kappa shape index (κ2) is 72.1. The molecule has 0 spiro atoms. The summed E-state index contributed by atoms with van der Waals surface area (Å²) in [5.41, 5.74) is 0. The summed E-state index contributed by atoms with van der Waals surface area (Å²) in [6, 6.07) is -0.546. The van der Waals surface area contributed by atoms with Crippen molar-refractivity contribution in [3.8, 4) is 0 Å². The lowest BCUT2D eigenvalue weighted by molar-refractivity contribution is -0.143. The van der Waals surface area contributed by atoms with Crippen molar-refractivity contribution in [3.05, 3.63) is 12.2 Å². The highest BCUT2D eigenvalue weighted by molar-refractivity contribution is 5.76. The van der Waals surface area contributed by atoms with Crippen LogP contribution in [0.1, 0.15) is 438 Å². The minimum absolute atomic E-state index is 0.0188. The molecule has 488 valence electrons. The van der Waals surface area contributed by atoms with Crippen LogP contribution in [0.4, 0.5) is 0 Å². The standard InChI is InChI=1S/C76H149NO5/c1-3-5-7-9-11-13-15-17-19-21-23-24-29-33-36-40-44-48-52-56-60-64-68-74(79)73(72-78)77-75(80)69-65-61-57-53-49-45-41-37-34-30-27-25-26-28-31-35-39-43-47-51-55-59-63-67-71-82-76(81)70-66-62-58-54-50-46-42-38-32-22-20-18-16-14-12-10-8-6-4-2/h27,30,73-74,78-79H,3-26,28-29,31-72H2,1-2H3,(H,77,80)/b30-27-. The number of nitrogens with one attached hydrogen (secondary N) is 1. The number of amides is 1. The normalized spacial score (nSPS) is 12.5. The van der Waals surface area contributed by atoms with E-state index in [1.54, 1.807) is 0 Å². The molecule has 0 bridgehead atoms. The van der Waals surface area contributed by atoms with E-state index in [0.29, 0.717) is 25.9 Å². The van der Waals surface area contributed by atoms with E-state index in [1.165, 1.54) is 366 Å². The van der Waals surface area contributed by atoms with Crippen LogP contribution < -0.4 is 5.32 Å². The zero-order valence-electron chi connectivity index (χ0n) is 56.0. The number of aliphatic hydroxyl groups excluding tert-OH is 2. The lowest BCUT2D eigenvalue weighted by atomic mass is 10.0. The molecule has 0 fully saturated rings. The van der Waals surface area contributed by atoms with Crippen molar-refractivity contribution in [2.75, 3.05) is 13.2 Å². The van der Waals surface area contributed by atoms with Crippen LogP contribution in [0.25, 0.3) is 0 Å². The van der Waals surface area contributed by atoms with Crippen molar-refractivity contribution in [2.45, 2.75) is 450 Å². The molecule has 6 heteroatoms. The summed E-state index contributed by atoms with van der Waals surface area (Å²) in [5, 5.41) is 23.4. The van der Waals surface area contributed by atoms with Crippen molar-refractivity contribution in [1.29, 1.82) is 0 Å². The first-order chi connectivity index (χ1) is 40.5. The maximum atomic E-state index is 12.6. The van der Waals surface area contributed by atoms with Gasteiger partial charge in [-0.1, -0.05) is 386 Å². The van der Waals surface area contributed by atoms with Crippen molar-refractivity contribution in [3.63, 3.8) is 0 Å². The molecule has 0 aliphatic heterocycles. The van der Waals surface area contributed by atoms with Gasteiger partial charge in [0.1, 0.15) is 0 Å². The number of aliphatic hydroxyl groups is 2. The molecule has 3 N–H and O–H groups in total. The van der Waals surface area contributed by atoms with Crippen molar-refractivity contribution < 1.29 is 24.5 Å². The van der Waals surface area contributed by atoms with Crippen LogP contribution >= 0.6 is 0 Å². The monoisotopic (exact) mass is 1160 g/mol. The van der Waals surface area contributed by atoms with E-state index in [2.05, 4.69) is 31.3 Å². The number of carbonyl (C=O) groups excluding carboxylic acids is 2. The van der Waals surface area contributed by atoms with Crippen LogP contribution in [0.15, 0.2) is 12.2 Å². The van der Waals surface area contributed by atoms with Gasteiger partial charge < -0.3 is 20.3 Å². The Bertz CT molecular complexity index is 1240. The summed E-state index contributed by atoms with van der Waals surface area (Å²) in [4.78, 5) is 24.7.